The fourth-order valence-electron chi connectivity index (χ4n) is 3.03. The van der Waals surface area contributed by atoms with Gasteiger partial charge in [-0.3, -0.25) is 4.79 Å². The minimum Gasteiger partial charge on any atom is -0.314 e. The fraction of sp³-hybridized carbons (Fsp3) is 0.0870. The van der Waals surface area contributed by atoms with Crippen molar-refractivity contribution in [2.45, 2.75) is 11.7 Å². The lowest BCUT2D eigenvalue weighted by molar-refractivity contribution is -0.118. The molecule has 8 heteroatoms. The first-order valence-electron chi connectivity index (χ1n) is 9.50. The van der Waals surface area contributed by atoms with Crippen LogP contribution in [-0.4, -0.2) is 27.4 Å². The molecule has 0 unspecified atom stereocenters. The molecule has 5 nitrogen and oxygen atoms in total. The Kier molecular flexibility index (Phi) is 6.92. The second kappa shape index (κ2) is 10.0. The molecule has 1 heterocycles. The first-order valence-corrected chi connectivity index (χ1v) is 11.2. The van der Waals surface area contributed by atoms with E-state index >= 15 is 0 Å². The molecule has 1 amide bonds. The maximum Gasteiger partial charge on any atom is 0.250 e. The third kappa shape index (κ3) is 5.28. The second-order valence-corrected chi connectivity index (χ2v) is 8.42. The summed E-state index contributed by atoms with van der Waals surface area (Å²) in [7, 11) is 0. The number of hydrazone groups is 1. The Morgan fingerprint density at radius 1 is 1.00 bits per heavy atom. The second-order valence-electron chi connectivity index (χ2n) is 6.66. The van der Waals surface area contributed by atoms with E-state index in [0.29, 0.717) is 16.6 Å². The van der Waals surface area contributed by atoms with Gasteiger partial charge in [0.15, 0.2) is 5.16 Å². The van der Waals surface area contributed by atoms with Crippen LogP contribution in [0.2, 0.25) is 10.0 Å². The molecule has 1 N–H and O–H groups in total. The number of amides is 1. The fourth-order valence-corrected chi connectivity index (χ4v) is 4.22. The molecule has 0 aliphatic carbocycles. The van der Waals surface area contributed by atoms with E-state index in [1.165, 1.54) is 18.0 Å². The zero-order chi connectivity index (χ0) is 21.6. The van der Waals surface area contributed by atoms with Crippen LogP contribution in [0.3, 0.4) is 0 Å². The van der Waals surface area contributed by atoms with Gasteiger partial charge in [0, 0.05) is 15.6 Å². The van der Waals surface area contributed by atoms with Gasteiger partial charge in [-0.1, -0.05) is 83.5 Å². The van der Waals surface area contributed by atoms with Gasteiger partial charge in [-0.2, -0.15) is 5.10 Å². The number of carbonyl (C=O) groups excluding carboxylic acids is 1. The number of benzene rings is 3. The quantitative estimate of drug-likeness (QED) is 0.217. The molecule has 0 spiro atoms. The number of thioether (sulfide) groups is 1. The van der Waals surface area contributed by atoms with E-state index in [0.717, 1.165) is 27.3 Å². The number of hydrogen-bond donors (Lipinski definition) is 1. The molecular formula is C23H18Cl2N4OS. The molecule has 3 aromatic carbocycles. The number of imidazole rings is 1. The van der Waals surface area contributed by atoms with E-state index in [1.54, 1.807) is 6.07 Å². The van der Waals surface area contributed by atoms with E-state index in [9.17, 15) is 4.79 Å². The van der Waals surface area contributed by atoms with Crippen molar-refractivity contribution >= 4 is 58.1 Å². The van der Waals surface area contributed by atoms with E-state index in [1.807, 2.05) is 66.7 Å². The maximum atomic E-state index is 12.3. The van der Waals surface area contributed by atoms with E-state index < -0.39 is 0 Å². The molecule has 0 saturated carbocycles. The van der Waals surface area contributed by atoms with Crippen LogP contribution in [0.5, 0.6) is 0 Å². The predicted molar refractivity (Wildman–Crippen MR) is 128 cm³/mol. The number of rotatable bonds is 7. The summed E-state index contributed by atoms with van der Waals surface area (Å²) in [5.41, 5.74) is 6.11. The van der Waals surface area contributed by atoms with Crippen LogP contribution in [0.4, 0.5) is 0 Å². The number of carbonyl (C=O) groups is 1. The van der Waals surface area contributed by atoms with Gasteiger partial charge in [-0.05, 0) is 29.8 Å². The van der Waals surface area contributed by atoms with Crippen LogP contribution in [0.25, 0.3) is 11.0 Å². The van der Waals surface area contributed by atoms with Crippen LogP contribution in [0.1, 0.15) is 11.1 Å². The third-order valence-corrected chi connectivity index (χ3v) is 6.23. The van der Waals surface area contributed by atoms with Crippen molar-refractivity contribution in [3.8, 4) is 0 Å². The Balaban J connectivity index is 1.47. The Morgan fingerprint density at radius 3 is 2.52 bits per heavy atom. The molecule has 4 aromatic rings. The minimum atomic E-state index is -0.232. The van der Waals surface area contributed by atoms with Crippen LogP contribution in [0, 0.1) is 0 Å². The highest BCUT2D eigenvalue weighted by Crippen LogP contribution is 2.27. The van der Waals surface area contributed by atoms with Crippen LogP contribution in [-0.2, 0) is 11.3 Å². The van der Waals surface area contributed by atoms with Gasteiger partial charge in [-0.15, -0.1) is 0 Å². The highest BCUT2D eigenvalue weighted by atomic mass is 35.5. The summed E-state index contributed by atoms with van der Waals surface area (Å²) in [4.78, 5) is 17.0. The monoisotopic (exact) mass is 468 g/mol. The number of nitrogens with zero attached hydrogens (tertiary/aromatic N) is 3. The van der Waals surface area contributed by atoms with Crippen molar-refractivity contribution in [1.82, 2.24) is 15.0 Å². The SMILES string of the molecule is O=C(CSc1nc2ccccc2n1Cc1ccccc1Cl)N/N=C/c1ccccc1Cl. The number of fused-ring (bicyclic) bond motifs is 1. The normalized spacial score (nSPS) is 11.3. The van der Waals surface area contributed by atoms with Gasteiger partial charge >= 0.3 is 0 Å². The summed E-state index contributed by atoms with van der Waals surface area (Å²) < 4.78 is 2.07. The first kappa shape index (κ1) is 21.4. The van der Waals surface area contributed by atoms with Crippen molar-refractivity contribution in [2.24, 2.45) is 5.10 Å². The Bertz CT molecular complexity index is 1260. The molecule has 0 aliphatic rings. The Labute approximate surface area is 194 Å². The molecule has 0 saturated heterocycles. The van der Waals surface area contributed by atoms with Crippen molar-refractivity contribution in [2.75, 3.05) is 5.75 Å². The lowest BCUT2D eigenvalue weighted by Crippen LogP contribution is -2.20. The summed E-state index contributed by atoms with van der Waals surface area (Å²) in [6, 6.07) is 22.9. The zero-order valence-electron chi connectivity index (χ0n) is 16.3. The van der Waals surface area contributed by atoms with Crippen LogP contribution >= 0.6 is 35.0 Å². The van der Waals surface area contributed by atoms with Gasteiger partial charge in [0.2, 0.25) is 0 Å². The van der Waals surface area contributed by atoms with Crippen molar-refractivity contribution < 1.29 is 4.79 Å². The van der Waals surface area contributed by atoms with Gasteiger partial charge in [-0.25, -0.2) is 10.4 Å². The standard InChI is InChI=1S/C23H18Cl2N4OS/c24-18-9-3-1-7-16(18)13-26-28-22(30)15-31-23-27-20-11-5-6-12-21(20)29(23)14-17-8-2-4-10-19(17)25/h1-13H,14-15H2,(H,28,30)/b26-13+. The molecule has 1 aromatic heterocycles. The number of nitrogens with one attached hydrogen (secondary N) is 1. The molecule has 0 radical (unpaired) electrons. The van der Waals surface area contributed by atoms with Gasteiger partial charge < -0.3 is 4.57 Å². The summed E-state index contributed by atoms with van der Waals surface area (Å²) in [5, 5.41) is 6.00. The Hall–Kier alpha value is -2.80. The lowest BCUT2D eigenvalue weighted by Gasteiger charge is -2.10. The van der Waals surface area contributed by atoms with Gasteiger partial charge in [0.05, 0.1) is 29.5 Å². The molecule has 4 rings (SSSR count). The molecule has 0 fully saturated rings. The van der Waals surface area contributed by atoms with E-state index in [-0.39, 0.29) is 11.7 Å². The molecule has 0 aliphatic heterocycles. The minimum absolute atomic E-state index is 0.172. The van der Waals surface area contributed by atoms with E-state index in [2.05, 4.69) is 15.1 Å². The van der Waals surface area contributed by atoms with E-state index in [4.69, 9.17) is 28.2 Å². The highest BCUT2D eigenvalue weighted by molar-refractivity contribution is 7.99. The van der Waals surface area contributed by atoms with Crippen molar-refractivity contribution in [3.05, 3.63) is 94.0 Å². The topological polar surface area (TPSA) is 59.3 Å². The summed E-state index contributed by atoms with van der Waals surface area (Å²) in [6.07, 6.45) is 1.53. The van der Waals surface area contributed by atoms with Crippen LogP contribution in [0.15, 0.2) is 83.1 Å². The average molecular weight is 469 g/mol. The van der Waals surface area contributed by atoms with Crippen molar-refractivity contribution in [1.29, 1.82) is 0 Å². The summed E-state index contributed by atoms with van der Waals surface area (Å²) >= 11 is 13.8. The number of aromatic nitrogens is 2. The zero-order valence-corrected chi connectivity index (χ0v) is 18.7. The van der Waals surface area contributed by atoms with Gasteiger partial charge in [0.1, 0.15) is 0 Å². The first-order chi connectivity index (χ1) is 15.1. The summed E-state index contributed by atoms with van der Waals surface area (Å²) in [5.74, 6) is -0.0595. The number of para-hydroxylation sites is 2. The smallest absolute Gasteiger partial charge is 0.250 e. The van der Waals surface area contributed by atoms with Crippen molar-refractivity contribution in [3.63, 3.8) is 0 Å². The number of halogens is 2. The lowest BCUT2D eigenvalue weighted by atomic mass is 10.2. The molecule has 156 valence electrons. The predicted octanol–water partition coefficient (Wildman–Crippen LogP) is 5.63. The largest absolute Gasteiger partial charge is 0.314 e. The summed E-state index contributed by atoms with van der Waals surface area (Å²) in [6.45, 7) is 0.564. The Morgan fingerprint density at radius 2 is 1.71 bits per heavy atom. The van der Waals surface area contributed by atoms with Gasteiger partial charge in [0.25, 0.3) is 5.91 Å². The molecular weight excluding hydrogens is 451 g/mol. The third-order valence-electron chi connectivity index (χ3n) is 4.54. The maximum absolute atomic E-state index is 12.3. The molecule has 31 heavy (non-hydrogen) atoms. The number of hydrogen-bond acceptors (Lipinski definition) is 4. The highest BCUT2D eigenvalue weighted by Gasteiger charge is 2.14. The molecule has 0 bridgehead atoms. The molecule has 0 atom stereocenters. The van der Waals surface area contributed by atoms with Crippen LogP contribution < -0.4 is 5.43 Å². The average Bonchev–Trinajstić information content (AvgIpc) is 3.13.